The molecule has 0 aliphatic rings. The number of aromatic nitrogens is 2. The van der Waals surface area contributed by atoms with E-state index in [1.807, 2.05) is 44.8 Å². The molecule has 2 rings (SSSR count). The Bertz CT molecular complexity index is 796. The zero-order chi connectivity index (χ0) is 21.8. The van der Waals surface area contributed by atoms with Crippen molar-refractivity contribution in [3.63, 3.8) is 0 Å². The number of amides is 1. The molecule has 8 heteroatoms. The van der Waals surface area contributed by atoms with Crippen molar-refractivity contribution in [3.8, 4) is 0 Å². The van der Waals surface area contributed by atoms with Crippen LogP contribution in [-0.2, 0) is 17.8 Å². The largest absolute Gasteiger partial charge is 0.444 e. The zero-order valence-electron chi connectivity index (χ0n) is 18.4. The minimum atomic E-state index is -0.483. The number of carbonyl (C=O) groups excluding carboxylic acids is 1. The molecule has 1 aromatic heterocycles. The normalized spacial score (nSPS) is 11.8. The van der Waals surface area contributed by atoms with Crippen LogP contribution >= 0.6 is 0 Å². The predicted molar refractivity (Wildman–Crippen MR) is 119 cm³/mol. The van der Waals surface area contributed by atoms with Crippen molar-refractivity contribution < 1.29 is 9.53 Å². The number of alkyl carbamates (subject to hydrolysis) is 1. The molecule has 0 aliphatic carbocycles. The third-order valence-corrected chi connectivity index (χ3v) is 3.99. The summed E-state index contributed by atoms with van der Waals surface area (Å²) in [5.41, 5.74) is 1.88. The van der Waals surface area contributed by atoms with Gasteiger partial charge in [0.05, 0.1) is 12.9 Å². The first-order chi connectivity index (χ1) is 14.4. The molecule has 0 spiro atoms. The van der Waals surface area contributed by atoms with Gasteiger partial charge in [0.1, 0.15) is 5.60 Å². The average Bonchev–Trinajstić information content (AvgIpc) is 3.17. The highest BCUT2D eigenvalue weighted by molar-refractivity contribution is 5.79. The molecule has 0 fully saturated rings. The summed E-state index contributed by atoms with van der Waals surface area (Å²) in [5.74, 6) is 0.759. The number of guanidine groups is 1. The van der Waals surface area contributed by atoms with Gasteiger partial charge in [-0.25, -0.2) is 14.8 Å². The van der Waals surface area contributed by atoms with Gasteiger partial charge in [0.15, 0.2) is 5.96 Å². The fraction of sp³-hybridized carbons (Fsp3) is 0.500. The summed E-state index contributed by atoms with van der Waals surface area (Å²) in [6, 6.07) is 8.40. The number of nitrogens with one attached hydrogen (secondary N) is 3. The monoisotopic (exact) mass is 414 g/mol. The number of ether oxygens (including phenoxy) is 1. The van der Waals surface area contributed by atoms with E-state index in [4.69, 9.17) is 4.74 Å². The number of hydrogen-bond donors (Lipinski definition) is 3. The molecule has 0 aliphatic heterocycles. The first-order valence-corrected chi connectivity index (χ1v) is 10.4. The van der Waals surface area contributed by atoms with Crippen LogP contribution in [-0.4, -0.2) is 46.8 Å². The van der Waals surface area contributed by atoms with Crippen LogP contribution in [0.25, 0.3) is 0 Å². The number of hydrogen-bond acceptors (Lipinski definition) is 4. The van der Waals surface area contributed by atoms with Crippen molar-refractivity contribution in [2.45, 2.75) is 52.8 Å². The van der Waals surface area contributed by atoms with Crippen molar-refractivity contribution >= 4 is 12.1 Å². The Morgan fingerprint density at radius 3 is 2.63 bits per heavy atom. The first kappa shape index (κ1) is 23.3. The molecule has 30 heavy (non-hydrogen) atoms. The van der Waals surface area contributed by atoms with Crippen LogP contribution in [0, 0.1) is 0 Å². The molecule has 1 aromatic carbocycles. The summed E-state index contributed by atoms with van der Waals surface area (Å²) in [6.07, 6.45) is 5.93. The molecule has 0 saturated heterocycles. The average molecular weight is 415 g/mol. The van der Waals surface area contributed by atoms with Gasteiger partial charge >= 0.3 is 6.09 Å². The quantitative estimate of drug-likeness (QED) is 0.333. The fourth-order valence-corrected chi connectivity index (χ4v) is 2.73. The van der Waals surface area contributed by atoms with Crippen LogP contribution in [0.4, 0.5) is 4.79 Å². The topological polar surface area (TPSA) is 92.6 Å². The van der Waals surface area contributed by atoms with Gasteiger partial charge in [-0.15, -0.1) is 0 Å². The molecule has 0 saturated carbocycles. The van der Waals surface area contributed by atoms with E-state index in [0.29, 0.717) is 19.6 Å². The second-order valence-electron chi connectivity index (χ2n) is 7.96. The summed E-state index contributed by atoms with van der Waals surface area (Å²) >= 11 is 0. The zero-order valence-corrected chi connectivity index (χ0v) is 18.4. The van der Waals surface area contributed by atoms with Gasteiger partial charge in [0.25, 0.3) is 0 Å². The maximum atomic E-state index is 11.7. The van der Waals surface area contributed by atoms with E-state index < -0.39 is 11.7 Å². The lowest BCUT2D eigenvalue weighted by molar-refractivity contribution is 0.0527. The van der Waals surface area contributed by atoms with Gasteiger partial charge in [0.2, 0.25) is 0 Å². The summed E-state index contributed by atoms with van der Waals surface area (Å²) in [5, 5.41) is 9.31. The molecule has 0 radical (unpaired) electrons. The van der Waals surface area contributed by atoms with Crippen molar-refractivity contribution in [2.75, 3.05) is 19.6 Å². The lowest BCUT2D eigenvalue weighted by Crippen LogP contribution is -2.39. The van der Waals surface area contributed by atoms with E-state index >= 15 is 0 Å². The van der Waals surface area contributed by atoms with Crippen molar-refractivity contribution in [2.24, 2.45) is 4.99 Å². The van der Waals surface area contributed by atoms with E-state index in [1.165, 1.54) is 5.56 Å². The minimum Gasteiger partial charge on any atom is -0.444 e. The van der Waals surface area contributed by atoms with E-state index in [-0.39, 0.29) is 0 Å². The minimum absolute atomic E-state index is 0.390. The molecular formula is C22H34N6O2. The number of nitrogens with zero attached hydrogens (tertiary/aromatic N) is 3. The van der Waals surface area contributed by atoms with Crippen LogP contribution < -0.4 is 16.0 Å². The van der Waals surface area contributed by atoms with Gasteiger partial charge in [-0.05, 0) is 45.2 Å². The highest BCUT2D eigenvalue weighted by Gasteiger charge is 2.15. The molecule has 1 amide bonds. The fourth-order valence-electron chi connectivity index (χ4n) is 2.73. The van der Waals surface area contributed by atoms with E-state index in [9.17, 15) is 4.79 Å². The predicted octanol–water partition coefficient (Wildman–Crippen LogP) is 2.90. The Morgan fingerprint density at radius 2 is 1.93 bits per heavy atom. The standard InChI is InChI=1S/C22H34N6O2/c1-5-24-20(25-10-7-11-26-21(29)30-22(2,3)4)27-15-18-8-6-9-19(14-18)16-28-13-12-23-17-28/h6,8-9,12-14,17H,5,7,10-11,15-16H2,1-4H3,(H,26,29)(H2,24,25,27). The Hall–Kier alpha value is -3.03. The Kier molecular flexibility index (Phi) is 9.18. The Morgan fingerprint density at radius 1 is 1.17 bits per heavy atom. The highest BCUT2D eigenvalue weighted by atomic mass is 16.6. The third-order valence-electron chi connectivity index (χ3n) is 3.99. The molecule has 3 N–H and O–H groups in total. The Labute approximate surface area is 179 Å². The molecule has 164 valence electrons. The lowest BCUT2D eigenvalue weighted by atomic mass is 10.1. The van der Waals surface area contributed by atoms with Crippen LogP contribution in [0.1, 0.15) is 45.2 Å². The van der Waals surface area contributed by atoms with Gasteiger partial charge in [-0.2, -0.15) is 0 Å². The van der Waals surface area contributed by atoms with Crippen LogP contribution in [0.2, 0.25) is 0 Å². The van der Waals surface area contributed by atoms with Crippen LogP contribution in [0.5, 0.6) is 0 Å². The molecular weight excluding hydrogens is 380 g/mol. The van der Waals surface area contributed by atoms with Crippen molar-refractivity contribution in [3.05, 3.63) is 54.1 Å². The molecule has 2 aromatic rings. The molecule has 0 atom stereocenters. The maximum absolute atomic E-state index is 11.7. The molecule has 0 unspecified atom stereocenters. The maximum Gasteiger partial charge on any atom is 0.407 e. The van der Waals surface area contributed by atoms with Gasteiger partial charge < -0.3 is 25.3 Å². The van der Waals surface area contributed by atoms with Gasteiger partial charge in [-0.3, -0.25) is 0 Å². The Balaban J connectivity index is 1.78. The van der Waals surface area contributed by atoms with Crippen LogP contribution in [0.3, 0.4) is 0 Å². The highest BCUT2D eigenvalue weighted by Crippen LogP contribution is 2.09. The number of carbonyl (C=O) groups is 1. The summed E-state index contributed by atoms with van der Waals surface area (Å²) in [7, 11) is 0. The smallest absolute Gasteiger partial charge is 0.407 e. The summed E-state index contributed by atoms with van der Waals surface area (Å²) < 4.78 is 7.26. The second-order valence-corrected chi connectivity index (χ2v) is 7.96. The molecule has 1 heterocycles. The van der Waals surface area contributed by atoms with Gasteiger partial charge in [-0.1, -0.05) is 24.3 Å². The van der Waals surface area contributed by atoms with Gasteiger partial charge in [0, 0.05) is 38.6 Å². The third kappa shape index (κ3) is 9.45. The molecule has 8 nitrogen and oxygen atoms in total. The first-order valence-electron chi connectivity index (χ1n) is 10.4. The van der Waals surface area contributed by atoms with Crippen molar-refractivity contribution in [1.82, 2.24) is 25.5 Å². The summed E-state index contributed by atoms with van der Waals surface area (Å²) in [6.45, 7) is 11.0. The lowest BCUT2D eigenvalue weighted by Gasteiger charge is -2.19. The van der Waals surface area contributed by atoms with E-state index in [0.717, 1.165) is 31.0 Å². The van der Waals surface area contributed by atoms with Crippen LogP contribution in [0.15, 0.2) is 48.0 Å². The van der Waals surface area contributed by atoms with E-state index in [1.54, 1.807) is 6.20 Å². The number of aliphatic imine (C=N–C) groups is 1. The number of benzene rings is 1. The van der Waals surface area contributed by atoms with Crippen molar-refractivity contribution in [1.29, 1.82) is 0 Å². The number of rotatable bonds is 9. The number of imidazole rings is 1. The van der Waals surface area contributed by atoms with E-state index in [2.05, 4.69) is 50.2 Å². The summed E-state index contributed by atoms with van der Waals surface area (Å²) in [4.78, 5) is 20.4. The second kappa shape index (κ2) is 11.8. The SMILES string of the molecule is CCNC(=NCc1cccc(Cn2ccnc2)c1)NCCCNC(=O)OC(C)(C)C. The molecule has 0 bridgehead atoms.